The van der Waals surface area contributed by atoms with Gasteiger partial charge in [0, 0.05) is 16.6 Å². The number of halogens is 1. The Morgan fingerprint density at radius 1 is 1.14 bits per heavy atom. The number of ether oxygens (including phenoxy) is 1. The molecule has 21 heavy (non-hydrogen) atoms. The lowest BCUT2D eigenvalue weighted by Gasteiger charge is -2.08. The molecule has 3 rings (SSSR count). The number of carbonyl (C=O) groups is 1. The molecular formula is C17H12ClNO2. The van der Waals surface area contributed by atoms with Gasteiger partial charge in [-0.1, -0.05) is 35.9 Å². The maximum absolute atomic E-state index is 12.3. The molecule has 0 N–H and O–H groups in total. The fourth-order valence-corrected chi connectivity index (χ4v) is 2.38. The minimum absolute atomic E-state index is 0.308. The lowest BCUT2D eigenvalue weighted by atomic mass is 10.1. The maximum Gasteiger partial charge on any atom is 0.362 e. The molecule has 0 aliphatic carbocycles. The molecule has 3 aromatic rings. The molecule has 1 heterocycles. The second-order valence-electron chi connectivity index (χ2n) is 4.68. The molecule has 0 spiro atoms. The van der Waals surface area contributed by atoms with Crippen LogP contribution in [0.5, 0.6) is 5.75 Å². The average molecular weight is 298 g/mol. The van der Waals surface area contributed by atoms with E-state index in [9.17, 15) is 4.79 Å². The molecule has 0 fully saturated rings. The van der Waals surface area contributed by atoms with E-state index in [1.165, 1.54) is 0 Å². The molecule has 0 aliphatic heterocycles. The van der Waals surface area contributed by atoms with Gasteiger partial charge in [0.2, 0.25) is 0 Å². The Hall–Kier alpha value is -2.39. The van der Waals surface area contributed by atoms with E-state index in [1.807, 2.05) is 37.3 Å². The van der Waals surface area contributed by atoms with E-state index in [1.54, 1.807) is 24.4 Å². The van der Waals surface area contributed by atoms with Crippen LogP contribution in [0.4, 0.5) is 0 Å². The molecule has 0 saturated carbocycles. The number of pyridine rings is 1. The fraction of sp³-hybridized carbons (Fsp3) is 0.0588. The Morgan fingerprint density at radius 2 is 1.95 bits per heavy atom. The van der Waals surface area contributed by atoms with Crippen molar-refractivity contribution in [3.8, 4) is 5.75 Å². The minimum Gasteiger partial charge on any atom is -0.422 e. The number of rotatable bonds is 2. The summed E-state index contributed by atoms with van der Waals surface area (Å²) < 4.78 is 5.43. The Bertz CT molecular complexity index is 825. The van der Waals surface area contributed by atoms with Crippen molar-refractivity contribution in [1.82, 2.24) is 4.98 Å². The summed E-state index contributed by atoms with van der Waals surface area (Å²) in [4.78, 5) is 16.5. The van der Waals surface area contributed by atoms with Gasteiger partial charge in [0.15, 0.2) is 5.69 Å². The zero-order valence-electron chi connectivity index (χ0n) is 11.3. The smallest absolute Gasteiger partial charge is 0.362 e. The summed E-state index contributed by atoms with van der Waals surface area (Å²) in [6, 6.07) is 14.6. The molecule has 0 aliphatic rings. The predicted molar refractivity (Wildman–Crippen MR) is 82.9 cm³/mol. The van der Waals surface area contributed by atoms with Gasteiger partial charge in [-0.05, 0) is 42.1 Å². The number of esters is 1. The van der Waals surface area contributed by atoms with E-state index in [0.29, 0.717) is 16.5 Å². The first-order chi connectivity index (χ1) is 10.1. The quantitative estimate of drug-likeness (QED) is 0.519. The molecule has 2 aromatic carbocycles. The molecule has 4 heteroatoms. The monoisotopic (exact) mass is 297 g/mol. The highest BCUT2D eigenvalue weighted by molar-refractivity contribution is 6.30. The summed E-state index contributed by atoms with van der Waals surface area (Å²) in [7, 11) is 0. The van der Waals surface area contributed by atoms with Gasteiger partial charge in [-0.15, -0.1) is 0 Å². The van der Waals surface area contributed by atoms with E-state index in [-0.39, 0.29) is 0 Å². The van der Waals surface area contributed by atoms with Crippen molar-refractivity contribution in [2.45, 2.75) is 6.92 Å². The van der Waals surface area contributed by atoms with Crippen LogP contribution in [0.2, 0.25) is 5.02 Å². The summed E-state index contributed by atoms with van der Waals surface area (Å²) in [5.41, 5.74) is 1.11. The van der Waals surface area contributed by atoms with Crippen molar-refractivity contribution in [1.29, 1.82) is 0 Å². The Labute approximate surface area is 127 Å². The first-order valence-corrected chi connectivity index (χ1v) is 6.85. The number of nitrogens with zero attached hydrogens (tertiary/aromatic N) is 1. The van der Waals surface area contributed by atoms with Gasteiger partial charge in [-0.3, -0.25) is 0 Å². The average Bonchev–Trinajstić information content (AvgIpc) is 2.49. The molecule has 0 atom stereocenters. The van der Waals surface area contributed by atoms with Crippen LogP contribution >= 0.6 is 11.6 Å². The molecular weight excluding hydrogens is 286 g/mol. The molecule has 0 saturated heterocycles. The SMILES string of the molecule is Cc1cc(Cl)ccc1OC(=O)c1nccc2ccccc12. The number of hydrogen-bond donors (Lipinski definition) is 0. The molecule has 0 unspecified atom stereocenters. The van der Waals surface area contributed by atoms with E-state index in [0.717, 1.165) is 16.3 Å². The van der Waals surface area contributed by atoms with Gasteiger partial charge >= 0.3 is 5.97 Å². The number of aryl methyl sites for hydroxylation is 1. The fourth-order valence-electron chi connectivity index (χ4n) is 2.16. The number of fused-ring (bicyclic) bond motifs is 1. The van der Waals surface area contributed by atoms with Crippen LogP contribution in [0.25, 0.3) is 10.8 Å². The van der Waals surface area contributed by atoms with Crippen LogP contribution in [0.15, 0.2) is 54.7 Å². The third kappa shape index (κ3) is 2.73. The second kappa shape index (κ2) is 5.54. The highest BCUT2D eigenvalue weighted by Crippen LogP contribution is 2.24. The number of aromatic nitrogens is 1. The Kier molecular flexibility index (Phi) is 3.59. The van der Waals surface area contributed by atoms with Gasteiger partial charge in [0.1, 0.15) is 5.75 Å². The normalized spacial score (nSPS) is 10.6. The topological polar surface area (TPSA) is 39.2 Å². The molecule has 1 aromatic heterocycles. The summed E-state index contributed by atoms with van der Waals surface area (Å²) >= 11 is 5.90. The van der Waals surface area contributed by atoms with E-state index < -0.39 is 5.97 Å². The summed E-state index contributed by atoms with van der Waals surface area (Å²) in [5.74, 6) is 0.0105. The van der Waals surface area contributed by atoms with Crippen LogP contribution in [-0.4, -0.2) is 11.0 Å². The van der Waals surface area contributed by atoms with E-state index in [4.69, 9.17) is 16.3 Å². The van der Waals surface area contributed by atoms with E-state index >= 15 is 0 Å². The highest BCUT2D eigenvalue weighted by atomic mass is 35.5. The van der Waals surface area contributed by atoms with Crippen molar-refractivity contribution < 1.29 is 9.53 Å². The zero-order chi connectivity index (χ0) is 14.8. The van der Waals surface area contributed by atoms with Crippen molar-refractivity contribution in [3.05, 3.63) is 71.0 Å². The van der Waals surface area contributed by atoms with Gasteiger partial charge in [0.05, 0.1) is 0 Å². The van der Waals surface area contributed by atoms with Crippen molar-refractivity contribution in [2.75, 3.05) is 0 Å². The lowest BCUT2D eigenvalue weighted by molar-refractivity contribution is 0.0729. The molecule has 0 radical (unpaired) electrons. The van der Waals surface area contributed by atoms with Crippen molar-refractivity contribution >= 4 is 28.3 Å². The van der Waals surface area contributed by atoms with Crippen LogP contribution in [0.3, 0.4) is 0 Å². The van der Waals surface area contributed by atoms with Crippen LogP contribution < -0.4 is 4.74 Å². The van der Waals surface area contributed by atoms with Crippen LogP contribution in [0.1, 0.15) is 16.1 Å². The standard InChI is InChI=1S/C17H12ClNO2/c1-11-10-13(18)6-7-15(11)21-17(20)16-14-5-3-2-4-12(14)8-9-19-16/h2-10H,1H3. The predicted octanol–water partition coefficient (Wildman–Crippen LogP) is 4.42. The zero-order valence-corrected chi connectivity index (χ0v) is 12.1. The Balaban J connectivity index is 1.97. The maximum atomic E-state index is 12.3. The van der Waals surface area contributed by atoms with Gasteiger partial charge in [0.25, 0.3) is 0 Å². The van der Waals surface area contributed by atoms with Crippen LogP contribution in [0, 0.1) is 6.92 Å². The first kappa shape index (κ1) is 13.6. The molecule has 104 valence electrons. The number of carbonyl (C=O) groups excluding carboxylic acids is 1. The molecule has 3 nitrogen and oxygen atoms in total. The van der Waals surface area contributed by atoms with Gasteiger partial charge in [-0.25, -0.2) is 9.78 Å². The summed E-state index contributed by atoms with van der Waals surface area (Å²) in [6.07, 6.45) is 1.60. The lowest BCUT2D eigenvalue weighted by Crippen LogP contribution is -2.11. The summed E-state index contributed by atoms with van der Waals surface area (Å²) in [5, 5.41) is 2.33. The van der Waals surface area contributed by atoms with E-state index in [2.05, 4.69) is 4.98 Å². The largest absolute Gasteiger partial charge is 0.422 e. The van der Waals surface area contributed by atoms with Crippen LogP contribution in [-0.2, 0) is 0 Å². The number of hydrogen-bond acceptors (Lipinski definition) is 3. The molecule has 0 amide bonds. The number of benzene rings is 2. The third-order valence-corrected chi connectivity index (χ3v) is 3.44. The highest BCUT2D eigenvalue weighted by Gasteiger charge is 2.15. The Morgan fingerprint density at radius 3 is 2.76 bits per heavy atom. The first-order valence-electron chi connectivity index (χ1n) is 6.47. The van der Waals surface area contributed by atoms with Crippen molar-refractivity contribution in [2.24, 2.45) is 0 Å². The van der Waals surface area contributed by atoms with Crippen molar-refractivity contribution in [3.63, 3.8) is 0 Å². The second-order valence-corrected chi connectivity index (χ2v) is 5.12. The third-order valence-electron chi connectivity index (χ3n) is 3.21. The van der Waals surface area contributed by atoms with Gasteiger partial charge in [-0.2, -0.15) is 0 Å². The van der Waals surface area contributed by atoms with Gasteiger partial charge < -0.3 is 4.74 Å². The summed E-state index contributed by atoms with van der Waals surface area (Å²) in [6.45, 7) is 1.84. The minimum atomic E-state index is -0.475. The molecule has 0 bridgehead atoms.